The number of nitrogens with zero attached hydrogens (tertiary/aromatic N) is 2. The van der Waals surface area contributed by atoms with Crippen LogP contribution >= 0.6 is 0 Å². The number of fused-ring (bicyclic) bond motifs is 1. The number of amides is 1. The Morgan fingerprint density at radius 2 is 1.90 bits per heavy atom. The number of benzene rings is 2. The summed E-state index contributed by atoms with van der Waals surface area (Å²) >= 11 is 0. The molecule has 0 radical (unpaired) electrons. The fourth-order valence-corrected chi connectivity index (χ4v) is 3.26. The summed E-state index contributed by atoms with van der Waals surface area (Å²) in [4.78, 5) is 24.6. The van der Waals surface area contributed by atoms with E-state index in [2.05, 4.69) is 15.7 Å². The summed E-state index contributed by atoms with van der Waals surface area (Å²) in [6, 6.07) is 16.2. The van der Waals surface area contributed by atoms with Crippen LogP contribution in [-0.4, -0.2) is 33.9 Å². The number of carboxylic acid groups (broad SMARTS) is 1. The van der Waals surface area contributed by atoms with Crippen molar-refractivity contribution in [3.8, 4) is 5.75 Å². The number of allylic oxidation sites excluding steroid dienone is 2. The van der Waals surface area contributed by atoms with Crippen molar-refractivity contribution < 1.29 is 19.4 Å². The molecule has 156 valence electrons. The number of hydrogen-bond acceptors (Lipinski definition) is 5. The van der Waals surface area contributed by atoms with Crippen LogP contribution in [0.4, 0.5) is 11.5 Å². The topological polar surface area (TPSA) is 105 Å². The highest BCUT2D eigenvalue weighted by Gasteiger charge is 2.27. The van der Waals surface area contributed by atoms with Gasteiger partial charge in [-0.15, -0.1) is 0 Å². The lowest BCUT2D eigenvalue weighted by Crippen LogP contribution is -2.24. The maximum atomic E-state index is 12.9. The molecule has 1 amide bonds. The highest BCUT2D eigenvalue weighted by atomic mass is 16.5. The zero-order valence-corrected chi connectivity index (χ0v) is 16.6. The molecular weight excluding hydrogens is 396 g/mol. The van der Waals surface area contributed by atoms with Crippen LogP contribution in [0, 0.1) is 0 Å². The highest BCUT2D eigenvalue weighted by molar-refractivity contribution is 6.09. The number of aromatic nitrogens is 2. The van der Waals surface area contributed by atoms with E-state index in [4.69, 9.17) is 4.74 Å². The summed E-state index contributed by atoms with van der Waals surface area (Å²) in [6.45, 7) is 0. The molecule has 0 spiro atoms. The normalized spacial score (nSPS) is 15.0. The molecule has 2 heterocycles. The SMILES string of the molecule is COc1ccccc1NC(=O)c1cnn2c1NC(C(=O)O)=CC2/C=C/c1ccccc1. The van der Waals surface area contributed by atoms with Crippen LogP contribution in [0.1, 0.15) is 22.0 Å². The first-order valence-corrected chi connectivity index (χ1v) is 9.54. The Morgan fingerprint density at radius 1 is 1.16 bits per heavy atom. The summed E-state index contributed by atoms with van der Waals surface area (Å²) < 4.78 is 6.84. The molecule has 1 atom stereocenters. The van der Waals surface area contributed by atoms with Crippen LogP contribution in [0.15, 0.2) is 78.6 Å². The van der Waals surface area contributed by atoms with Gasteiger partial charge in [0.1, 0.15) is 22.8 Å². The second-order valence-electron chi connectivity index (χ2n) is 6.78. The van der Waals surface area contributed by atoms with Gasteiger partial charge in [-0.05, 0) is 23.8 Å². The van der Waals surface area contributed by atoms with Gasteiger partial charge in [-0.2, -0.15) is 5.10 Å². The number of carbonyl (C=O) groups excluding carboxylic acids is 1. The number of rotatable bonds is 6. The molecule has 1 unspecified atom stereocenters. The Balaban J connectivity index is 1.66. The third-order valence-electron chi connectivity index (χ3n) is 4.78. The van der Waals surface area contributed by atoms with Crippen molar-refractivity contribution in [1.29, 1.82) is 0 Å². The summed E-state index contributed by atoms with van der Waals surface area (Å²) in [6.07, 6.45) is 6.67. The third-order valence-corrected chi connectivity index (χ3v) is 4.78. The Hall–Kier alpha value is -4.33. The second-order valence-corrected chi connectivity index (χ2v) is 6.78. The summed E-state index contributed by atoms with van der Waals surface area (Å²) in [5.41, 5.74) is 1.66. The molecule has 0 bridgehead atoms. The number of nitrogens with one attached hydrogen (secondary N) is 2. The molecule has 1 aliphatic heterocycles. The minimum absolute atomic E-state index is 0.0259. The van der Waals surface area contributed by atoms with Gasteiger partial charge in [-0.3, -0.25) is 4.79 Å². The predicted octanol–water partition coefficient (Wildman–Crippen LogP) is 3.79. The van der Waals surface area contributed by atoms with Gasteiger partial charge in [0.05, 0.1) is 25.0 Å². The fraction of sp³-hybridized carbons (Fsp3) is 0.0870. The Labute approximate surface area is 178 Å². The number of carboxylic acids is 1. The molecule has 3 aromatic rings. The summed E-state index contributed by atoms with van der Waals surface area (Å²) in [5.74, 6) is -0.744. The first-order valence-electron chi connectivity index (χ1n) is 9.54. The van der Waals surface area contributed by atoms with Gasteiger partial charge in [0.2, 0.25) is 0 Å². The smallest absolute Gasteiger partial charge is 0.352 e. The quantitative estimate of drug-likeness (QED) is 0.565. The molecule has 2 aromatic carbocycles. The molecule has 8 heteroatoms. The van der Waals surface area contributed by atoms with Crippen LogP contribution in [0.25, 0.3) is 6.08 Å². The van der Waals surface area contributed by atoms with E-state index in [1.54, 1.807) is 35.0 Å². The number of hydrogen-bond donors (Lipinski definition) is 3. The molecular formula is C23H20N4O4. The number of methoxy groups -OCH3 is 1. The van der Waals surface area contributed by atoms with Crippen molar-refractivity contribution in [3.63, 3.8) is 0 Å². The Morgan fingerprint density at radius 3 is 2.65 bits per heavy atom. The zero-order chi connectivity index (χ0) is 21.8. The zero-order valence-electron chi connectivity index (χ0n) is 16.6. The van der Waals surface area contributed by atoms with Crippen LogP contribution in [0.2, 0.25) is 0 Å². The third kappa shape index (κ3) is 4.18. The van der Waals surface area contributed by atoms with E-state index in [1.807, 2.05) is 42.5 Å². The van der Waals surface area contributed by atoms with Gasteiger partial charge in [0.15, 0.2) is 0 Å². The fourth-order valence-electron chi connectivity index (χ4n) is 3.26. The molecule has 0 fully saturated rings. The standard InChI is InChI=1S/C23H20N4O4/c1-31-20-10-6-5-9-18(20)26-22(28)17-14-24-27-16(12-11-15-7-3-2-4-8-15)13-19(23(29)30)25-21(17)27/h2-14,16,25H,1H3,(H,26,28)(H,29,30)/b12-11+. The van der Waals surface area contributed by atoms with Crippen LogP contribution in [-0.2, 0) is 4.79 Å². The number of anilines is 2. The van der Waals surface area contributed by atoms with Crippen LogP contribution < -0.4 is 15.4 Å². The van der Waals surface area contributed by atoms with Crippen molar-refractivity contribution >= 4 is 29.5 Å². The Kier molecular flexibility index (Phi) is 5.53. The minimum atomic E-state index is -1.12. The monoisotopic (exact) mass is 416 g/mol. The van der Waals surface area contributed by atoms with E-state index in [0.717, 1.165) is 5.56 Å². The van der Waals surface area contributed by atoms with E-state index in [-0.39, 0.29) is 11.3 Å². The summed E-state index contributed by atoms with van der Waals surface area (Å²) in [5, 5.41) is 19.5. The molecule has 1 aliphatic rings. The highest BCUT2D eigenvalue weighted by Crippen LogP contribution is 2.31. The van der Waals surface area contributed by atoms with Gasteiger partial charge >= 0.3 is 5.97 Å². The van der Waals surface area contributed by atoms with E-state index >= 15 is 0 Å². The number of carbonyl (C=O) groups is 2. The van der Waals surface area contributed by atoms with Gasteiger partial charge in [-0.1, -0.05) is 54.6 Å². The number of para-hydroxylation sites is 2. The molecule has 0 saturated carbocycles. The van der Waals surface area contributed by atoms with Crippen molar-refractivity contribution in [2.24, 2.45) is 0 Å². The van der Waals surface area contributed by atoms with Gasteiger partial charge in [-0.25, -0.2) is 9.48 Å². The number of aliphatic carboxylic acids is 1. The molecule has 1 aromatic heterocycles. The first kappa shape index (κ1) is 20.0. The van der Waals surface area contributed by atoms with Gasteiger partial charge in [0, 0.05) is 0 Å². The predicted molar refractivity (Wildman–Crippen MR) is 117 cm³/mol. The van der Waals surface area contributed by atoms with E-state index < -0.39 is 17.9 Å². The van der Waals surface area contributed by atoms with Crippen molar-refractivity contribution in [1.82, 2.24) is 9.78 Å². The van der Waals surface area contributed by atoms with Crippen molar-refractivity contribution in [2.45, 2.75) is 6.04 Å². The average molecular weight is 416 g/mol. The van der Waals surface area contributed by atoms with Crippen molar-refractivity contribution in [2.75, 3.05) is 17.7 Å². The lowest BCUT2D eigenvalue weighted by molar-refractivity contribution is -0.132. The maximum absolute atomic E-state index is 12.9. The molecule has 0 saturated heterocycles. The largest absolute Gasteiger partial charge is 0.495 e. The first-order chi connectivity index (χ1) is 15.1. The molecule has 4 rings (SSSR count). The lowest BCUT2D eigenvalue weighted by Gasteiger charge is -2.22. The van der Waals surface area contributed by atoms with E-state index in [0.29, 0.717) is 17.3 Å². The average Bonchev–Trinajstić information content (AvgIpc) is 3.23. The van der Waals surface area contributed by atoms with E-state index in [1.165, 1.54) is 13.3 Å². The molecule has 3 N–H and O–H groups in total. The second kappa shape index (κ2) is 8.58. The van der Waals surface area contributed by atoms with Gasteiger partial charge < -0.3 is 20.5 Å². The minimum Gasteiger partial charge on any atom is -0.495 e. The summed E-state index contributed by atoms with van der Waals surface area (Å²) in [7, 11) is 1.52. The number of ether oxygens (including phenoxy) is 1. The van der Waals surface area contributed by atoms with Gasteiger partial charge in [0.25, 0.3) is 5.91 Å². The molecule has 31 heavy (non-hydrogen) atoms. The van der Waals surface area contributed by atoms with Crippen LogP contribution in [0.5, 0.6) is 5.75 Å². The van der Waals surface area contributed by atoms with E-state index in [9.17, 15) is 14.7 Å². The lowest BCUT2D eigenvalue weighted by atomic mass is 10.1. The maximum Gasteiger partial charge on any atom is 0.352 e. The van der Waals surface area contributed by atoms with Crippen molar-refractivity contribution in [3.05, 3.63) is 89.8 Å². The Bertz CT molecular complexity index is 1180. The molecule has 8 nitrogen and oxygen atoms in total. The van der Waals surface area contributed by atoms with Crippen LogP contribution in [0.3, 0.4) is 0 Å². The molecule has 0 aliphatic carbocycles.